The SMILES string of the molecule is O=C(NC[C@H](c1ccccn1)N1CCOCC1)c1ccc(O)cn1. The van der Waals surface area contributed by atoms with E-state index in [1.54, 1.807) is 6.20 Å². The van der Waals surface area contributed by atoms with Gasteiger partial charge in [-0.3, -0.25) is 14.7 Å². The lowest BCUT2D eigenvalue weighted by molar-refractivity contribution is 0.0153. The third-order valence-corrected chi connectivity index (χ3v) is 3.95. The second-order valence-electron chi connectivity index (χ2n) is 5.53. The van der Waals surface area contributed by atoms with Gasteiger partial charge in [0.15, 0.2) is 0 Å². The molecule has 2 aromatic heterocycles. The molecule has 7 nitrogen and oxygen atoms in total. The molecule has 0 aliphatic carbocycles. The maximum atomic E-state index is 12.3. The van der Waals surface area contributed by atoms with Gasteiger partial charge >= 0.3 is 0 Å². The average molecular weight is 328 g/mol. The molecule has 1 aliphatic rings. The molecule has 1 fully saturated rings. The van der Waals surface area contributed by atoms with Crippen molar-refractivity contribution in [1.82, 2.24) is 20.2 Å². The van der Waals surface area contributed by atoms with Gasteiger partial charge in [-0.25, -0.2) is 4.98 Å². The highest BCUT2D eigenvalue weighted by molar-refractivity contribution is 5.92. The molecule has 3 rings (SSSR count). The van der Waals surface area contributed by atoms with E-state index >= 15 is 0 Å². The number of morpholine rings is 1. The van der Waals surface area contributed by atoms with Crippen LogP contribution in [0.1, 0.15) is 22.2 Å². The Morgan fingerprint density at radius 3 is 2.75 bits per heavy atom. The Morgan fingerprint density at radius 1 is 1.25 bits per heavy atom. The number of carbonyl (C=O) groups excluding carboxylic acids is 1. The molecule has 2 N–H and O–H groups in total. The van der Waals surface area contributed by atoms with Gasteiger partial charge < -0.3 is 15.2 Å². The van der Waals surface area contributed by atoms with Crippen LogP contribution in [0.15, 0.2) is 42.7 Å². The second-order valence-corrected chi connectivity index (χ2v) is 5.53. The van der Waals surface area contributed by atoms with Crippen LogP contribution in [0.4, 0.5) is 0 Å². The predicted molar refractivity (Wildman–Crippen MR) is 87.6 cm³/mol. The van der Waals surface area contributed by atoms with E-state index in [0.717, 1.165) is 18.8 Å². The molecule has 1 amide bonds. The van der Waals surface area contributed by atoms with Gasteiger partial charge in [0.05, 0.1) is 31.1 Å². The molecular weight excluding hydrogens is 308 g/mol. The molecule has 7 heteroatoms. The van der Waals surface area contributed by atoms with Crippen LogP contribution >= 0.6 is 0 Å². The number of nitrogens with zero attached hydrogens (tertiary/aromatic N) is 3. The van der Waals surface area contributed by atoms with Crippen molar-refractivity contribution >= 4 is 5.91 Å². The van der Waals surface area contributed by atoms with Crippen molar-refractivity contribution in [1.29, 1.82) is 0 Å². The van der Waals surface area contributed by atoms with E-state index in [-0.39, 0.29) is 23.4 Å². The normalized spacial score (nSPS) is 16.5. The number of rotatable bonds is 5. The minimum absolute atomic E-state index is 0.0174. The van der Waals surface area contributed by atoms with Crippen LogP contribution in [0.25, 0.3) is 0 Å². The standard InChI is InChI=1S/C17H20N4O3/c22-13-4-5-15(19-11-13)17(23)20-12-16(14-3-1-2-6-18-14)21-7-9-24-10-8-21/h1-6,11,16,22H,7-10,12H2,(H,20,23)/t16-/m1/s1. The van der Waals surface area contributed by atoms with Crippen molar-refractivity contribution in [2.75, 3.05) is 32.8 Å². The maximum absolute atomic E-state index is 12.3. The molecule has 1 saturated heterocycles. The van der Waals surface area contributed by atoms with E-state index < -0.39 is 0 Å². The van der Waals surface area contributed by atoms with Crippen molar-refractivity contribution in [2.24, 2.45) is 0 Å². The second kappa shape index (κ2) is 7.85. The van der Waals surface area contributed by atoms with E-state index in [1.807, 2.05) is 18.2 Å². The van der Waals surface area contributed by atoms with E-state index in [1.165, 1.54) is 18.3 Å². The fourth-order valence-electron chi connectivity index (χ4n) is 2.68. The summed E-state index contributed by atoms with van der Waals surface area (Å²) in [5.41, 5.74) is 1.19. The lowest BCUT2D eigenvalue weighted by Crippen LogP contribution is -2.44. The monoisotopic (exact) mass is 328 g/mol. The molecule has 126 valence electrons. The van der Waals surface area contributed by atoms with E-state index in [0.29, 0.717) is 19.8 Å². The number of ether oxygens (including phenoxy) is 1. The first-order valence-electron chi connectivity index (χ1n) is 7.90. The van der Waals surface area contributed by atoms with Gasteiger partial charge in [-0.1, -0.05) is 6.07 Å². The van der Waals surface area contributed by atoms with Gasteiger partial charge in [-0.2, -0.15) is 0 Å². The van der Waals surface area contributed by atoms with Gasteiger partial charge in [-0.15, -0.1) is 0 Å². The van der Waals surface area contributed by atoms with Crippen LogP contribution in [0.3, 0.4) is 0 Å². The van der Waals surface area contributed by atoms with Crippen LogP contribution in [0.5, 0.6) is 5.75 Å². The third-order valence-electron chi connectivity index (χ3n) is 3.95. The van der Waals surface area contributed by atoms with Crippen LogP contribution in [0, 0.1) is 0 Å². The first kappa shape index (κ1) is 16.4. The number of hydrogen-bond acceptors (Lipinski definition) is 6. The van der Waals surface area contributed by atoms with Crippen molar-refractivity contribution in [3.05, 3.63) is 54.1 Å². The van der Waals surface area contributed by atoms with Gasteiger partial charge in [0.25, 0.3) is 5.91 Å². The Kier molecular flexibility index (Phi) is 5.35. The molecule has 1 atom stereocenters. The number of hydrogen-bond donors (Lipinski definition) is 2. The Labute approximate surface area is 140 Å². The molecule has 0 unspecified atom stereocenters. The molecule has 2 aromatic rings. The molecular formula is C17H20N4O3. The summed E-state index contributed by atoms with van der Waals surface area (Å²) in [6, 6.07) is 8.70. The van der Waals surface area contributed by atoms with Gasteiger partial charge in [0.1, 0.15) is 11.4 Å². The van der Waals surface area contributed by atoms with Crippen molar-refractivity contribution in [3.63, 3.8) is 0 Å². The minimum Gasteiger partial charge on any atom is -0.506 e. The molecule has 0 aromatic carbocycles. The summed E-state index contributed by atoms with van der Waals surface area (Å²) in [6.07, 6.45) is 3.01. The highest BCUT2D eigenvalue weighted by atomic mass is 16.5. The van der Waals surface area contributed by atoms with Crippen molar-refractivity contribution in [2.45, 2.75) is 6.04 Å². The Balaban J connectivity index is 1.69. The summed E-state index contributed by atoms with van der Waals surface area (Å²) in [5, 5.41) is 12.2. The summed E-state index contributed by atoms with van der Waals surface area (Å²) in [5.74, 6) is -0.240. The van der Waals surface area contributed by atoms with E-state index in [2.05, 4.69) is 20.2 Å². The quantitative estimate of drug-likeness (QED) is 0.851. The molecule has 0 saturated carbocycles. The fourth-order valence-corrected chi connectivity index (χ4v) is 2.68. The minimum atomic E-state index is -0.274. The van der Waals surface area contributed by atoms with Gasteiger partial charge in [0.2, 0.25) is 0 Å². The summed E-state index contributed by atoms with van der Waals surface area (Å²) in [7, 11) is 0. The van der Waals surface area contributed by atoms with Crippen LogP contribution in [0.2, 0.25) is 0 Å². The van der Waals surface area contributed by atoms with Crippen LogP contribution in [-0.2, 0) is 4.74 Å². The zero-order valence-corrected chi connectivity index (χ0v) is 13.3. The third kappa shape index (κ3) is 4.06. The summed E-state index contributed by atoms with van der Waals surface area (Å²) in [6.45, 7) is 3.38. The van der Waals surface area contributed by atoms with Gasteiger partial charge in [0, 0.05) is 25.8 Å². The predicted octanol–water partition coefficient (Wildman–Crippen LogP) is 0.985. The number of amides is 1. The Hall–Kier alpha value is -2.51. The number of nitrogens with one attached hydrogen (secondary N) is 1. The average Bonchev–Trinajstić information content (AvgIpc) is 2.64. The highest BCUT2D eigenvalue weighted by Gasteiger charge is 2.24. The number of pyridine rings is 2. The molecule has 3 heterocycles. The molecule has 0 spiro atoms. The van der Waals surface area contributed by atoms with Crippen LogP contribution < -0.4 is 5.32 Å². The molecule has 0 radical (unpaired) electrons. The maximum Gasteiger partial charge on any atom is 0.269 e. The Morgan fingerprint density at radius 2 is 2.08 bits per heavy atom. The lowest BCUT2D eigenvalue weighted by atomic mass is 10.1. The number of aromatic nitrogens is 2. The van der Waals surface area contributed by atoms with E-state index in [9.17, 15) is 9.90 Å². The number of aromatic hydroxyl groups is 1. The largest absolute Gasteiger partial charge is 0.506 e. The lowest BCUT2D eigenvalue weighted by Gasteiger charge is -2.34. The van der Waals surface area contributed by atoms with Crippen molar-refractivity contribution < 1.29 is 14.6 Å². The van der Waals surface area contributed by atoms with E-state index in [4.69, 9.17) is 4.74 Å². The first-order valence-corrected chi connectivity index (χ1v) is 7.90. The first-order chi connectivity index (χ1) is 11.7. The molecule has 0 bridgehead atoms. The zero-order valence-electron chi connectivity index (χ0n) is 13.3. The fraction of sp³-hybridized carbons (Fsp3) is 0.353. The molecule has 24 heavy (non-hydrogen) atoms. The van der Waals surface area contributed by atoms with Crippen LogP contribution in [-0.4, -0.2) is 58.7 Å². The smallest absolute Gasteiger partial charge is 0.269 e. The highest BCUT2D eigenvalue weighted by Crippen LogP contribution is 2.19. The number of carbonyl (C=O) groups is 1. The summed E-state index contributed by atoms with van der Waals surface area (Å²) >= 11 is 0. The van der Waals surface area contributed by atoms with Crippen molar-refractivity contribution in [3.8, 4) is 5.75 Å². The molecule has 1 aliphatic heterocycles. The topological polar surface area (TPSA) is 87.6 Å². The summed E-state index contributed by atoms with van der Waals surface area (Å²) in [4.78, 5) is 22.9. The Bertz CT molecular complexity index is 657. The van der Waals surface area contributed by atoms with Gasteiger partial charge in [-0.05, 0) is 24.3 Å². The zero-order chi connectivity index (χ0) is 16.8. The summed E-state index contributed by atoms with van der Waals surface area (Å²) < 4.78 is 5.41.